The lowest BCUT2D eigenvalue weighted by atomic mass is 10.0. The Morgan fingerprint density at radius 3 is 3.11 bits per heavy atom. The van der Waals surface area contributed by atoms with Gasteiger partial charge in [0.25, 0.3) is 5.91 Å². The van der Waals surface area contributed by atoms with Gasteiger partial charge in [0.05, 0.1) is 6.04 Å². The van der Waals surface area contributed by atoms with E-state index in [2.05, 4.69) is 40.5 Å². The number of aryl methyl sites for hydroxylation is 1. The Bertz CT molecular complexity index is 634. The van der Waals surface area contributed by atoms with Crippen molar-refractivity contribution in [1.29, 1.82) is 0 Å². The van der Waals surface area contributed by atoms with Crippen LogP contribution in [0.5, 0.6) is 0 Å². The summed E-state index contributed by atoms with van der Waals surface area (Å²) in [6.07, 6.45) is 0.901. The lowest BCUT2D eigenvalue weighted by Gasteiger charge is -2.24. The fourth-order valence-electron chi connectivity index (χ4n) is 2.39. The fraction of sp³-hybridized carbons (Fsp3) is 0.308. The molecule has 2 heterocycles. The van der Waals surface area contributed by atoms with E-state index in [9.17, 15) is 4.79 Å². The van der Waals surface area contributed by atoms with Gasteiger partial charge in [-0.3, -0.25) is 4.79 Å². The lowest BCUT2D eigenvalue weighted by molar-refractivity contribution is 0.0990. The molecule has 1 aromatic heterocycles. The maximum absolute atomic E-state index is 11.2. The first-order valence-electron chi connectivity index (χ1n) is 6.22. The van der Waals surface area contributed by atoms with Crippen molar-refractivity contribution in [3.63, 3.8) is 0 Å². The summed E-state index contributed by atoms with van der Waals surface area (Å²) in [5.41, 5.74) is 7.60. The summed E-state index contributed by atoms with van der Waals surface area (Å²) in [6, 6.07) is 8.38. The number of nitrogens with one attached hydrogen (secondary N) is 1. The number of nitrogens with zero attached hydrogens (tertiary/aromatic N) is 3. The molecule has 0 bridgehead atoms. The third-order valence-electron chi connectivity index (χ3n) is 3.27. The Balaban J connectivity index is 2.04. The van der Waals surface area contributed by atoms with Crippen LogP contribution in [-0.4, -0.2) is 27.2 Å². The smallest absolute Gasteiger partial charge is 0.288 e. The average molecular weight is 257 g/mol. The largest absolute Gasteiger partial charge is 0.363 e. The van der Waals surface area contributed by atoms with Crippen molar-refractivity contribution < 1.29 is 4.79 Å². The second-order valence-corrected chi connectivity index (χ2v) is 4.71. The minimum absolute atomic E-state index is 0.0575. The Labute approximate surface area is 110 Å². The Kier molecular flexibility index (Phi) is 2.70. The molecule has 0 spiro atoms. The first-order valence-corrected chi connectivity index (χ1v) is 6.22. The standard InChI is InChI=1S/C13H15N5O/c1-8-3-2-4-9(7-8)10-5-6-15-13-16-12(11(14)19)17-18(10)13/h2-4,7,10H,5-6H2,1H3,(H2,14,19)(H,15,16,17). The Morgan fingerprint density at radius 1 is 1.53 bits per heavy atom. The molecule has 6 nitrogen and oxygen atoms in total. The van der Waals surface area contributed by atoms with Gasteiger partial charge in [-0.15, -0.1) is 5.10 Å². The van der Waals surface area contributed by atoms with Crippen LogP contribution in [0.15, 0.2) is 24.3 Å². The van der Waals surface area contributed by atoms with E-state index >= 15 is 0 Å². The summed E-state index contributed by atoms with van der Waals surface area (Å²) in [4.78, 5) is 15.3. The Hall–Kier alpha value is -2.37. The number of nitrogens with two attached hydrogens (primary N) is 1. The third kappa shape index (κ3) is 2.05. The minimum Gasteiger partial charge on any atom is -0.363 e. The van der Waals surface area contributed by atoms with E-state index in [1.165, 1.54) is 11.1 Å². The molecule has 0 saturated heterocycles. The first-order chi connectivity index (χ1) is 9.15. The van der Waals surface area contributed by atoms with Crippen LogP contribution < -0.4 is 11.1 Å². The number of anilines is 1. The first kappa shape index (κ1) is 11.7. The van der Waals surface area contributed by atoms with Crippen LogP contribution in [0.1, 0.15) is 34.2 Å². The molecule has 0 fully saturated rings. The van der Waals surface area contributed by atoms with Crippen LogP contribution in [0.3, 0.4) is 0 Å². The van der Waals surface area contributed by atoms with E-state index in [0.29, 0.717) is 5.95 Å². The van der Waals surface area contributed by atoms with Crippen molar-refractivity contribution in [2.45, 2.75) is 19.4 Å². The van der Waals surface area contributed by atoms with Gasteiger partial charge in [0.1, 0.15) is 0 Å². The number of carbonyl (C=O) groups excluding carboxylic acids is 1. The highest BCUT2D eigenvalue weighted by Gasteiger charge is 2.25. The SMILES string of the molecule is Cc1cccc(C2CCNc3nc(C(N)=O)nn32)c1. The highest BCUT2D eigenvalue weighted by Crippen LogP contribution is 2.28. The third-order valence-corrected chi connectivity index (χ3v) is 3.27. The van der Waals surface area contributed by atoms with Gasteiger partial charge in [0, 0.05) is 6.54 Å². The predicted octanol–water partition coefficient (Wildman–Crippen LogP) is 1.09. The van der Waals surface area contributed by atoms with E-state index in [4.69, 9.17) is 5.73 Å². The molecule has 0 saturated carbocycles. The molecule has 3 rings (SSSR count). The number of hydrogen-bond acceptors (Lipinski definition) is 4. The summed E-state index contributed by atoms with van der Waals surface area (Å²) in [6.45, 7) is 2.86. The van der Waals surface area contributed by atoms with Crippen molar-refractivity contribution in [1.82, 2.24) is 14.8 Å². The van der Waals surface area contributed by atoms with Gasteiger partial charge in [-0.2, -0.15) is 4.98 Å². The average Bonchev–Trinajstić information content (AvgIpc) is 2.82. The van der Waals surface area contributed by atoms with E-state index in [0.717, 1.165) is 13.0 Å². The van der Waals surface area contributed by atoms with Crippen molar-refractivity contribution in [3.05, 3.63) is 41.2 Å². The molecule has 19 heavy (non-hydrogen) atoms. The monoisotopic (exact) mass is 257 g/mol. The zero-order valence-electron chi connectivity index (χ0n) is 10.6. The molecule has 2 aromatic rings. The molecule has 6 heteroatoms. The second-order valence-electron chi connectivity index (χ2n) is 4.71. The van der Waals surface area contributed by atoms with Crippen LogP contribution in [0.2, 0.25) is 0 Å². The summed E-state index contributed by atoms with van der Waals surface area (Å²) in [5, 5.41) is 7.34. The van der Waals surface area contributed by atoms with Crippen LogP contribution in [-0.2, 0) is 0 Å². The lowest BCUT2D eigenvalue weighted by Crippen LogP contribution is -2.24. The van der Waals surface area contributed by atoms with Crippen LogP contribution in [0.4, 0.5) is 5.95 Å². The van der Waals surface area contributed by atoms with Gasteiger partial charge in [-0.1, -0.05) is 29.8 Å². The van der Waals surface area contributed by atoms with Crippen LogP contribution in [0.25, 0.3) is 0 Å². The number of primary amides is 1. The van der Waals surface area contributed by atoms with Crippen molar-refractivity contribution in [2.24, 2.45) is 5.73 Å². The summed E-state index contributed by atoms with van der Waals surface area (Å²) in [5.74, 6) is 0.0558. The van der Waals surface area contributed by atoms with Gasteiger partial charge >= 0.3 is 0 Å². The van der Waals surface area contributed by atoms with Crippen molar-refractivity contribution in [2.75, 3.05) is 11.9 Å². The van der Waals surface area contributed by atoms with E-state index in [-0.39, 0.29) is 11.9 Å². The molecule has 0 aliphatic carbocycles. The molecule has 98 valence electrons. The Morgan fingerprint density at radius 2 is 2.37 bits per heavy atom. The summed E-state index contributed by atoms with van der Waals surface area (Å²) >= 11 is 0. The molecule has 3 N–H and O–H groups in total. The van der Waals surface area contributed by atoms with Gasteiger partial charge in [0.2, 0.25) is 11.8 Å². The second kappa shape index (κ2) is 4.38. The van der Waals surface area contributed by atoms with Gasteiger partial charge in [-0.25, -0.2) is 4.68 Å². The molecule has 1 aliphatic heterocycles. The molecule has 0 radical (unpaired) electrons. The highest BCUT2D eigenvalue weighted by atomic mass is 16.1. The van der Waals surface area contributed by atoms with Crippen LogP contribution >= 0.6 is 0 Å². The molecule has 1 aromatic carbocycles. The maximum atomic E-state index is 11.2. The molecule has 1 aliphatic rings. The molecular weight excluding hydrogens is 242 g/mol. The predicted molar refractivity (Wildman–Crippen MR) is 71.0 cm³/mol. The molecular formula is C13H15N5O. The topological polar surface area (TPSA) is 85.8 Å². The number of hydrogen-bond donors (Lipinski definition) is 2. The summed E-state index contributed by atoms with van der Waals surface area (Å²) in [7, 11) is 0. The molecule has 1 atom stereocenters. The van der Waals surface area contributed by atoms with Gasteiger partial charge in [0.15, 0.2) is 0 Å². The van der Waals surface area contributed by atoms with Gasteiger partial charge in [-0.05, 0) is 18.9 Å². The van der Waals surface area contributed by atoms with E-state index < -0.39 is 5.91 Å². The maximum Gasteiger partial charge on any atom is 0.288 e. The van der Waals surface area contributed by atoms with Crippen molar-refractivity contribution >= 4 is 11.9 Å². The van der Waals surface area contributed by atoms with Crippen molar-refractivity contribution in [3.8, 4) is 0 Å². The molecule has 1 unspecified atom stereocenters. The summed E-state index contributed by atoms with van der Waals surface area (Å²) < 4.78 is 1.75. The highest BCUT2D eigenvalue weighted by molar-refractivity contribution is 5.89. The zero-order chi connectivity index (χ0) is 13.4. The minimum atomic E-state index is -0.605. The zero-order valence-corrected chi connectivity index (χ0v) is 10.6. The van der Waals surface area contributed by atoms with Crippen LogP contribution in [0, 0.1) is 6.92 Å². The number of aromatic nitrogens is 3. The number of benzene rings is 1. The quantitative estimate of drug-likeness (QED) is 0.843. The normalized spacial score (nSPS) is 17.6. The fourth-order valence-corrected chi connectivity index (χ4v) is 2.39. The number of fused-ring (bicyclic) bond motifs is 1. The van der Waals surface area contributed by atoms with Gasteiger partial charge < -0.3 is 11.1 Å². The number of carbonyl (C=O) groups is 1. The molecule has 1 amide bonds. The number of rotatable bonds is 2. The van der Waals surface area contributed by atoms with E-state index in [1.54, 1.807) is 4.68 Å². The number of amides is 1. The van der Waals surface area contributed by atoms with E-state index in [1.807, 2.05) is 6.07 Å².